The molecule has 3 rings (SSSR count). The number of rotatable bonds is 5. The summed E-state index contributed by atoms with van der Waals surface area (Å²) in [7, 11) is 1.54. The largest absolute Gasteiger partial charge is 0.465 e. The summed E-state index contributed by atoms with van der Waals surface area (Å²) in [6.45, 7) is 0.679. The van der Waals surface area contributed by atoms with Crippen LogP contribution in [0.2, 0.25) is 0 Å². The quantitative estimate of drug-likeness (QED) is 0.826. The topological polar surface area (TPSA) is 87.2 Å². The van der Waals surface area contributed by atoms with Gasteiger partial charge in [-0.25, -0.2) is 4.79 Å². The molecule has 0 atom stereocenters. The number of carboxylic acid groups (broad SMARTS) is 1. The Balaban J connectivity index is 1.66. The zero-order valence-corrected chi connectivity index (χ0v) is 14.2. The first kappa shape index (κ1) is 17.4. The number of hydrogen-bond donors (Lipinski definition) is 1. The van der Waals surface area contributed by atoms with E-state index in [4.69, 9.17) is 4.74 Å². The zero-order chi connectivity index (χ0) is 18.0. The second-order valence-electron chi connectivity index (χ2n) is 6.46. The number of nitrogens with zero attached hydrogens (tertiary/aromatic N) is 2. The lowest BCUT2D eigenvalue weighted by molar-refractivity contribution is 0.0465. The summed E-state index contributed by atoms with van der Waals surface area (Å²) in [5.41, 5.74) is 0.920. The highest BCUT2D eigenvalue weighted by molar-refractivity contribution is 6.21. The van der Waals surface area contributed by atoms with Gasteiger partial charge in [0.05, 0.1) is 17.7 Å². The Labute approximate surface area is 146 Å². The predicted molar refractivity (Wildman–Crippen MR) is 89.6 cm³/mol. The van der Waals surface area contributed by atoms with E-state index in [1.165, 1.54) is 9.80 Å². The summed E-state index contributed by atoms with van der Waals surface area (Å²) in [5.74, 6) is -0.475. The average molecular weight is 346 g/mol. The van der Waals surface area contributed by atoms with Gasteiger partial charge < -0.3 is 14.7 Å². The molecule has 0 unspecified atom stereocenters. The molecular weight excluding hydrogens is 324 g/mol. The maximum atomic E-state index is 12.6. The fourth-order valence-corrected chi connectivity index (χ4v) is 3.79. The van der Waals surface area contributed by atoms with Crippen LogP contribution in [-0.4, -0.2) is 65.2 Å². The van der Waals surface area contributed by atoms with E-state index in [9.17, 15) is 19.5 Å². The molecule has 1 aromatic rings. The molecule has 134 valence electrons. The number of benzene rings is 1. The second kappa shape index (κ2) is 7.23. The summed E-state index contributed by atoms with van der Waals surface area (Å²) in [6.07, 6.45) is 1.54. The highest BCUT2D eigenvalue weighted by atomic mass is 16.5. The Morgan fingerprint density at radius 1 is 1.16 bits per heavy atom. The van der Waals surface area contributed by atoms with Crippen molar-refractivity contribution in [2.24, 2.45) is 0 Å². The highest BCUT2D eigenvalue weighted by Gasteiger charge is 2.41. The van der Waals surface area contributed by atoms with E-state index in [0.29, 0.717) is 50.0 Å². The van der Waals surface area contributed by atoms with Gasteiger partial charge >= 0.3 is 6.09 Å². The molecule has 0 saturated heterocycles. The molecule has 0 spiro atoms. The van der Waals surface area contributed by atoms with Gasteiger partial charge in [-0.2, -0.15) is 0 Å². The third kappa shape index (κ3) is 3.24. The third-order valence-electron chi connectivity index (χ3n) is 5.08. The number of hydrogen-bond acceptors (Lipinski definition) is 4. The molecule has 7 heteroatoms. The van der Waals surface area contributed by atoms with E-state index in [2.05, 4.69) is 0 Å². The Morgan fingerprint density at radius 2 is 1.72 bits per heavy atom. The van der Waals surface area contributed by atoms with Gasteiger partial charge in [-0.15, -0.1) is 0 Å². The first-order valence-electron chi connectivity index (χ1n) is 8.50. The van der Waals surface area contributed by atoms with Gasteiger partial charge in [0.1, 0.15) is 0 Å². The molecule has 0 radical (unpaired) electrons. The minimum absolute atomic E-state index is 0.0981. The van der Waals surface area contributed by atoms with Crippen LogP contribution in [0, 0.1) is 0 Å². The number of amides is 3. The summed E-state index contributed by atoms with van der Waals surface area (Å²) in [6, 6.07) is 6.60. The van der Waals surface area contributed by atoms with Crippen molar-refractivity contribution < 1.29 is 24.2 Å². The Morgan fingerprint density at radius 3 is 2.20 bits per heavy atom. The van der Waals surface area contributed by atoms with Crippen LogP contribution >= 0.6 is 0 Å². The maximum Gasteiger partial charge on any atom is 0.407 e. The number of fused-ring (bicyclic) bond motifs is 1. The van der Waals surface area contributed by atoms with Crippen molar-refractivity contribution in [1.82, 2.24) is 9.80 Å². The van der Waals surface area contributed by atoms with Crippen LogP contribution in [0.25, 0.3) is 0 Å². The SMILES string of the molecule is COCCN(C(=O)O)[C@H]1CC[C@H](N2C(=O)c3ccccc3C2=O)CC1. The smallest absolute Gasteiger partial charge is 0.407 e. The molecule has 2 aliphatic rings. The number of carbonyl (C=O) groups excluding carboxylic acids is 2. The molecule has 1 aliphatic heterocycles. The number of methoxy groups -OCH3 is 1. The molecule has 1 fully saturated rings. The number of ether oxygens (including phenoxy) is 1. The van der Waals surface area contributed by atoms with Crippen LogP contribution < -0.4 is 0 Å². The Kier molecular flexibility index (Phi) is 5.03. The molecule has 0 aromatic heterocycles. The molecule has 0 bridgehead atoms. The fraction of sp³-hybridized carbons (Fsp3) is 0.500. The minimum Gasteiger partial charge on any atom is -0.465 e. The second-order valence-corrected chi connectivity index (χ2v) is 6.46. The highest BCUT2D eigenvalue weighted by Crippen LogP contribution is 2.32. The van der Waals surface area contributed by atoms with Gasteiger partial charge in [0.25, 0.3) is 11.8 Å². The predicted octanol–water partition coefficient (Wildman–Crippen LogP) is 2.22. The molecular formula is C18H22N2O5. The van der Waals surface area contributed by atoms with E-state index in [1.807, 2.05) is 0 Å². The molecule has 3 amide bonds. The zero-order valence-electron chi connectivity index (χ0n) is 14.2. The number of imide groups is 1. The lowest BCUT2D eigenvalue weighted by Gasteiger charge is -2.37. The van der Waals surface area contributed by atoms with Crippen LogP contribution in [-0.2, 0) is 4.74 Å². The molecule has 1 heterocycles. The van der Waals surface area contributed by atoms with Gasteiger partial charge in [0.2, 0.25) is 0 Å². The van der Waals surface area contributed by atoms with Crippen molar-refractivity contribution in [2.75, 3.05) is 20.3 Å². The summed E-state index contributed by atoms with van der Waals surface area (Å²) in [5, 5.41) is 9.38. The summed E-state index contributed by atoms with van der Waals surface area (Å²) < 4.78 is 4.98. The van der Waals surface area contributed by atoms with Crippen LogP contribution in [0.4, 0.5) is 4.79 Å². The lowest BCUT2D eigenvalue weighted by atomic mass is 9.89. The summed E-state index contributed by atoms with van der Waals surface area (Å²) >= 11 is 0. The fourth-order valence-electron chi connectivity index (χ4n) is 3.79. The third-order valence-corrected chi connectivity index (χ3v) is 5.08. The Bertz CT molecular complexity index is 647. The van der Waals surface area contributed by atoms with Crippen LogP contribution in [0.1, 0.15) is 46.4 Å². The minimum atomic E-state index is -0.957. The van der Waals surface area contributed by atoms with E-state index in [1.54, 1.807) is 31.4 Å². The number of carbonyl (C=O) groups is 3. The lowest BCUT2D eigenvalue weighted by Crippen LogP contribution is -2.48. The van der Waals surface area contributed by atoms with Gasteiger partial charge in [-0.05, 0) is 37.8 Å². The van der Waals surface area contributed by atoms with Crippen molar-refractivity contribution in [3.63, 3.8) is 0 Å². The molecule has 1 aromatic carbocycles. The van der Waals surface area contributed by atoms with Crippen LogP contribution in [0.15, 0.2) is 24.3 Å². The van der Waals surface area contributed by atoms with E-state index >= 15 is 0 Å². The van der Waals surface area contributed by atoms with Crippen molar-refractivity contribution in [3.05, 3.63) is 35.4 Å². The molecule has 1 saturated carbocycles. The van der Waals surface area contributed by atoms with Crippen molar-refractivity contribution in [2.45, 2.75) is 37.8 Å². The van der Waals surface area contributed by atoms with E-state index < -0.39 is 6.09 Å². The molecule has 25 heavy (non-hydrogen) atoms. The van der Waals surface area contributed by atoms with E-state index in [0.717, 1.165) is 0 Å². The molecule has 7 nitrogen and oxygen atoms in total. The van der Waals surface area contributed by atoms with Crippen molar-refractivity contribution >= 4 is 17.9 Å². The monoisotopic (exact) mass is 346 g/mol. The van der Waals surface area contributed by atoms with Crippen molar-refractivity contribution in [3.8, 4) is 0 Å². The molecule has 1 aliphatic carbocycles. The van der Waals surface area contributed by atoms with Crippen LogP contribution in [0.3, 0.4) is 0 Å². The Hall–Kier alpha value is -2.41. The van der Waals surface area contributed by atoms with Crippen molar-refractivity contribution in [1.29, 1.82) is 0 Å². The van der Waals surface area contributed by atoms with Gasteiger partial charge in [-0.3, -0.25) is 14.5 Å². The van der Waals surface area contributed by atoms with Gasteiger partial charge in [-0.1, -0.05) is 12.1 Å². The molecule has 1 N–H and O–H groups in total. The summed E-state index contributed by atoms with van der Waals surface area (Å²) in [4.78, 5) is 39.3. The normalized spacial score (nSPS) is 22.8. The van der Waals surface area contributed by atoms with E-state index in [-0.39, 0.29) is 23.9 Å². The van der Waals surface area contributed by atoms with Crippen LogP contribution in [0.5, 0.6) is 0 Å². The standard InChI is InChI=1S/C18H22N2O5/c1-25-11-10-19(18(23)24)12-6-8-13(9-7-12)20-16(21)14-4-2-3-5-15(14)17(20)22/h2-5,12-13H,6-11H2,1H3,(H,23,24)/t12-,13-. The maximum absolute atomic E-state index is 12.6. The first-order chi connectivity index (χ1) is 12.0. The first-order valence-corrected chi connectivity index (χ1v) is 8.50. The van der Waals surface area contributed by atoms with Gasteiger partial charge in [0, 0.05) is 25.7 Å². The van der Waals surface area contributed by atoms with Gasteiger partial charge in [0.15, 0.2) is 0 Å². The average Bonchev–Trinajstić information content (AvgIpc) is 2.87.